The molecule has 0 atom stereocenters. The van der Waals surface area contributed by atoms with Crippen molar-refractivity contribution in [3.8, 4) is 11.5 Å². The van der Waals surface area contributed by atoms with Crippen molar-refractivity contribution in [3.63, 3.8) is 0 Å². The second-order valence-corrected chi connectivity index (χ2v) is 9.05. The van der Waals surface area contributed by atoms with Crippen LogP contribution in [0.5, 0.6) is 11.5 Å². The molecule has 1 N–H and O–H groups in total. The minimum Gasteiger partial charge on any atom is -0.493 e. The van der Waals surface area contributed by atoms with Gasteiger partial charge in [-0.15, -0.1) is 6.58 Å². The number of fused-ring (bicyclic) bond motifs is 1. The van der Waals surface area contributed by atoms with Crippen molar-refractivity contribution in [3.05, 3.63) is 102 Å². The number of nitrogens with one attached hydrogen (secondary N) is 1. The number of imidazole rings is 1. The Kier molecular flexibility index (Phi) is 8.98. The van der Waals surface area contributed by atoms with Crippen LogP contribution >= 0.6 is 0 Å². The van der Waals surface area contributed by atoms with E-state index < -0.39 is 0 Å². The molecule has 192 valence electrons. The second kappa shape index (κ2) is 12.8. The van der Waals surface area contributed by atoms with Crippen LogP contribution in [0.15, 0.2) is 79.4 Å². The van der Waals surface area contributed by atoms with Gasteiger partial charge < -0.3 is 19.4 Å². The molecule has 0 fully saturated rings. The summed E-state index contributed by atoms with van der Waals surface area (Å²) in [6.45, 7) is 7.69. The molecule has 6 nitrogen and oxygen atoms in total. The highest BCUT2D eigenvalue weighted by atomic mass is 16.5. The Labute approximate surface area is 218 Å². The summed E-state index contributed by atoms with van der Waals surface area (Å²) in [6.07, 6.45) is 4.52. The first-order valence-electron chi connectivity index (χ1n) is 12.7. The maximum absolute atomic E-state index is 12.5. The highest BCUT2D eigenvalue weighted by Crippen LogP contribution is 2.28. The summed E-state index contributed by atoms with van der Waals surface area (Å²) in [7, 11) is 1.66. The number of carbonyl (C=O) groups excluding carboxylic acids is 1. The molecule has 0 spiro atoms. The topological polar surface area (TPSA) is 65.4 Å². The first kappa shape index (κ1) is 26.0. The molecular weight excluding hydrogens is 462 g/mol. The summed E-state index contributed by atoms with van der Waals surface area (Å²) >= 11 is 0. The third-order valence-corrected chi connectivity index (χ3v) is 6.41. The van der Waals surface area contributed by atoms with E-state index in [0.29, 0.717) is 26.0 Å². The Morgan fingerprint density at radius 1 is 1.08 bits per heavy atom. The second-order valence-electron chi connectivity index (χ2n) is 9.05. The number of aromatic nitrogens is 2. The SMILES string of the molecule is C=CCc1ccc(OCCCn2c(CCNC(=O)Cc3ccccc3C)nc3ccccc32)c(OC)c1. The van der Waals surface area contributed by atoms with Crippen LogP contribution in [0.2, 0.25) is 0 Å². The fraction of sp³-hybridized carbons (Fsp3) is 0.290. The first-order valence-corrected chi connectivity index (χ1v) is 12.7. The summed E-state index contributed by atoms with van der Waals surface area (Å²) in [5.41, 5.74) is 5.38. The molecule has 0 aliphatic rings. The predicted molar refractivity (Wildman–Crippen MR) is 148 cm³/mol. The number of aryl methyl sites for hydroxylation is 2. The van der Waals surface area contributed by atoms with Gasteiger partial charge in [-0.1, -0.05) is 48.5 Å². The van der Waals surface area contributed by atoms with E-state index in [4.69, 9.17) is 14.5 Å². The number of amides is 1. The Hall–Kier alpha value is -4.06. The van der Waals surface area contributed by atoms with Gasteiger partial charge in [-0.25, -0.2) is 4.98 Å². The van der Waals surface area contributed by atoms with Crippen LogP contribution in [0.4, 0.5) is 0 Å². The molecule has 4 rings (SSSR count). The fourth-order valence-electron chi connectivity index (χ4n) is 4.45. The maximum Gasteiger partial charge on any atom is 0.224 e. The predicted octanol–water partition coefficient (Wildman–Crippen LogP) is 5.45. The van der Waals surface area contributed by atoms with E-state index in [0.717, 1.165) is 64.4 Å². The number of ether oxygens (including phenoxy) is 2. The van der Waals surface area contributed by atoms with Crippen molar-refractivity contribution in [1.82, 2.24) is 14.9 Å². The Morgan fingerprint density at radius 2 is 1.89 bits per heavy atom. The minimum atomic E-state index is 0.0263. The van der Waals surface area contributed by atoms with Gasteiger partial charge in [-0.3, -0.25) is 4.79 Å². The maximum atomic E-state index is 12.5. The summed E-state index contributed by atoms with van der Waals surface area (Å²) in [5, 5.41) is 3.06. The van der Waals surface area contributed by atoms with E-state index in [1.807, 2.05) is 73.7 Å². The molecule has 0 aliphatic heterocycles. The van der Waals surface area contributed by atoms with Crippen LogP contribution in [-0.4, -0.2) is 35.7 Å². The van der Waals surface area contributed by atoms with Crippen molar-refractivity contribution in [2.24, 2.45) is 0 Å². The number of methoxy groups -OCH3 is 1. The molecule has 1 amide bonds. The van der Waals surface area contributed by atoms with Gasteiger partial charge in [0.25, 0.3) is 0 Å². The summed E-state index contributed by atoms with van der Waals surface area (Å²) < 4.78 is 13.8. The number of allylic oxidation sites excluding steroid dienone is 1. The number of para-hydroxylation sites is 2. The third-order valence-electron chi connectivity index (χ3n) is 6.41. The Bertz CT molecular complexity index is 1360. The Balaban J connectivity index is 1.35. The number of benzene rings is 3. The molecule has 1 heterocycles. The number of carbonyl (C=O) groups is 1. The molecule has 37 heavy (non-hydrogen) atoms. The van der Waals surface area contributed by atoms with Gasteiger partial charge in [-0.2, -0.15) is 0 Å². The number of nitrogens with zero attached hydrogens (tertiary/aromatic N) is 2. The molecule has 1 aromatic heterocycles. The van der Waals surface area contributed by atoms with Gasteiger partial charge in [-0.05, 0) is 60.7 Å². The quantitative estimate of drug-likeness (QED) is 0.197. The molecular formula is C31H35N3O3. The number of hydrogen-bond acceptors (Lipinski definition) is 4. The van der Waals surface area contributed by atoms with E-state index in [-0.39, 0.29) is 5.91 Å². The lowest BCUT2D eigenvalue weighted by atomic mass is 10.1. The van der Waals surface area contributed by atoms with Crippen LogP contribution in [-0.2, 0) is 30.6 Å². The fourth-order valence-corrected chi connectivity index (χ4v) is 4.45. The molecule has 0 saturated carbocycles. The van der Waals surface area contributed by atoms with Gasteiger partial charge in [0.05, 0.1) is 31.2 Å². The van der Waals surface area contributed by atoms with E-state index in [2.05, 4.69) is 22.5 Å². The van der Waals surface area contributed by atoms with Gasteiger partial charge in [0.15, 0.2) is 11.5 Å². The molecule has 6 heteroatoms. The highest BCUT2D eigenvalue weighted by Gasteiger charge is 2.12. The molecule has 0 unspecified atom stereocenters. The molecule has 0 saturated heterocycles. The number of rotatable bonds is 13. The van der Waals surface area contributed by atoms with Crippen molar-refractivity contribution < 1.29 is 14.3 Å². The average Bonchev–Trinajstić information content (AvgIpc) is 3.26. The Morgan fingerprint density at radius 3 is 2.70 bits per heavy atom. The van der Waals surface area contributed by atoms with Gasteiger partial charge in [0.1, 0.15) is 5.82 Å². The standard InChI is InChI=1S/C31H35N3O3/c1-4-10-24-15-16-28(29(21-24)36-3)37-20-9-19-34-27-14-8-7-13-26(27)33-30(34)17-18-32-31(35)22-25-12-6-5-11-23(25)2/h4-8,11-16,21H,1,9-10,17-20,22H2,2-3H3,(H,32,35). The average molecular weight is 498 g/mol. The lowest BCUT2D eigenvalue weighted by Gasteiger charge is -2.13. The van der Waals surface area contributed by atoms with Crippen LogP contribution in [0.1, 0.15) is 28.9 Å². The van der Waals surface area contributed by atoms with Crippen LogP contribution < -0.4 is 14.8 Å². The van der Waals surface area contributed by atoms with Crippen LogP contribution in [0.3, 0.4) is 0 Å². The summed E-state index contributed by atoms with van der Waals surface area (Å²) in [6, 6.07) is 22.1. The van der Waals surface area contributed by atoms with Gasteiger partial charge >= 0.3 is 0 Å². The molecule has 0 radical (unpaired) electrons. The van der Waals surface area contributed by atoms with Crippen molar-refractivity contribution in [2.75, 3.05) is 20.3 Å². The van der Waals surface area contributed by atoms with Crippen molar-refractivity contribution >= 4 is 16.9 Å². The van der Waals surface area contributed by atoms with E-state index in [1.54, 1.807) is 7.11 Å². The van der Waals surface area contributed by atoms with Gasteiger partial charge in [0.2, 0.25) is 5.91 Å². The smallest absolute Gasteiger partial charge is 0.224 e. The van der Waals surface area contributed by atoms with E-state index in [1.165, 1.54) is 0 Å². The zero-order valence-electron chi connectivity index (χ0n) is 21.7. The van der Waals surface area contributed by atoms with Crippen LogP contribution in [0, 0.1) is 6.92 Å². The molecule has 3 aromatic carbocycles. The van der Waals surface area contributed by atoms with E-state index in [9.17, 15) is 4.79 Å². The molecule has 4 aromatic rings. The lowest BCUT2D eigenvalue weighted by molar-refractivity contribution is -0.120. The zero-order valence-corrected chi connectivity index (χ0v) is 21.7. The van der Waals surface area contributed by atoms with Crippen LogP contribution in [0.25, 0.3) is 11.0 Å². The zero-order chi connectivity index (χ0) is 26.0. The lowest BCUT2D eigenvalue weighted by Crippen LogP contribution is -2.28. The molecule has 0 bridgehead atoms. The normalized spacial score (nSPS) is 10.9. The molecule has 0 aliphatic carbocycles. The number of hydrogen-bond donors (Lipinski definition) is 1. The van der Waals surface area contributed by atoms with E-state index >= 15 is 0 Å². The monoisotopic (exact) mass is 497 g/mol. The summed E-state index contributed by atoms with van der Waals surface area (Å²) in [4.78, 5) is 17.3. The minimum absolute atomic E-state index is 0.0263. The largest absolute Gasteiger partial charge is 0.493 e. The first-order chi connectivity index (χ1) is 18.1. The highest BCUT2D eigenvalue weighted by molar-refractivity contribution is 5.79. The summed E-state index contributed by atoms with van der Waals surface area (Å²) in [5.74, 6) is 2.46. The van der Waals surface area contributed by atoms with Crippen molar-refractivity contribution in [1.29, 1.82) is 0 Å². The third kappa shape index (κ3) is 6.79. The van der Waals surface area contributed by atoms with Crippen molar-refractivity contribution in [2.45, 2.75) is 39.2 Å². The van der Waals surface area contributed by atoms with Gasteiger partial charge in [0, 0.05) is 19.5 Å².